The van der Waals surface area contributed by atoms with Crippen LogP contribution < -0.4 is 10.6 Å². The molecule has 9 nitrogen and oxygen atoms in total. The first kappa shape index (κ1) is 22.5. The van der Waals surface area contributed by atoms with Crippen molar-refractivity contribution in [1.29, 1.82) is 0 Å². The van der Waals surface area contributed by atoms with Crippen molar-refractivity contribution in [3.63, 3.8) is 0 Å². The highest BCUT2D eigenvalue weighted by molar-refractivity contribution is 6.31. The van der Waals surface area contributed by atoms with Crippen LogP contribution in [0.3, 0.4) is 0 Å². The summed E-state index contributed by atoms with van der Waals surface area (Å²) in [6.07, 6.45) is 0.638. The lowest BCUT2D eigenvalue weighted by atomic mass is 9.80. The van der Waals surface area contributed by atoms with E-state index in [1.165, 1.54) is 6.92 Å². The van der Waals surface area contributed by atoms with Crippen molar-refractivity contribution < 1.29 is 28.7 Å². The van der Waals surface area contributed by atoms with Gasteiger partial charge in [-0.1, -0.05) is 0 Å². The third-order valence-corrected chi connectivity index (χ3v) is 7.54. The molecule has 1 aliphatic heterocycles. The van der Waals surface area contributed by atoms with E-state index >= 15 is 0 Å². The number of esters is 1. The van der Waals surface area contributed by atoms with E-state index in [1.807, 2.05) is 0 Å². The molecule has 0 unspecified atom stereocenters. The van der Waals surface area contributed by atoms with Gasteiger partial charge in [-0.25, -0.2) is 0 Å². The number of benzene rings is 1. The number of amides is 4. The van der Waals surface area contributed by atoms with Gasteiger partial charge in [-0.05, 0) is 42.5 Å². The molecule has 4 amide bonds. The maximum atomic E-state index is 12.7. The van der Waals surface area contributed by atoms with E-state index in [1.54, 1.807) is 24.3 Å². The molecular weight excluding hydrogens is 461 g/mol. The monoisotopic (exact) mass is 481 g/mol. The SMILES string of the molecule is CC(=O)Nc1ccc(NC(=O)COC(=O)CN2C(=O)[C@@H]3[C@H]4C[C@@H]([C@H](Cl)[C@H]4Cl)[C@@H]3C2=O)cc1. The van der Waals surface area contributed by atoms with E-state index in [-0.39, 0.29) is 28.5 Å². The fourth-order valence-corrected chi connectivity index (χ4v) is 5.82. The summed E-state index contributed by atoms with van der Waals surface area (Å²) in [4.78, 5) is 61.6. The van der Waals surface area contributed by atoms with Crippen LogP contribution in [0.1, 0.15) is 13.3 Å². The van der Waals surface area contributed by atoms with Gasteiger partial charge in [-0.2, -0.15) is 0 Å². The first-order chi connectivity index (χ1) is 15.2. The van der Waals surface area contributed by atoms with Crippen molar-refractivity contribution in [3.8, 4) is 0 Å². The molecule has 170 valence electrons. The highest BCUT2D eigenvalue weighted by Crippen LogP contribution is 2.59. The van der Waals surface area contributed by atoms with Crippen LogP contribution in [0.4, 0.5) is 11.4 Å². The lowest BCUT2D eigenvalue weighted by Crippen LogP contribution is -2.38. The van der Waals surface area contributed by atoms with Gasteiger partial charge < -0.3 is 15.4 Å². The fraction of sp³-hybridized carbons (Fsp3) is 0.476. The van der Waals surface area contributed by atoms with Crippen LogP contribution in [-0.2, 0) is 28.7 Å². The Morgan fingerprint density at radius 1 is 0.969 bits per heavy atom. The number of hydrogen-bond acceptors (Lipinski definition) is 6. The average molecular weight is 482 g/mol. The Balaban J connectivity index is 1.27. The molecule has 1 aromatic carbocycles. The zero-order valence-electron chi connectivity index (χ0n) is 17.0. The molecule has 0 spiro atoms. The third-order valence-electron chi connectivity index (χ3n) is 6.22. The summed E-state index contributed by atoms with van der Waals surface area (Å²) in [6.45, 7) is 0.254. The number of carbonyl (C=O) groups is 5. The topological polar surface area (TPSA) is 122 Å². The minimum Gasteiger partial charge on any atom is -0.454 e. The van der Waals surface area contributed by atoms with Gasteiger partial charge in [0.25, 0.3) is 5.91 Å². The molecule has 0 radical (unpaired) electrons. The molecule has 2 N–H and O–H groups in total. The normalized spacial score (nSPS) is 30.3. The van der Waals surface area contributed by atoms with Crippen LogP contribution in [-0.4, -0.2) is 58.4 Å². The molecular formula is C21H21Cl2N3O6. The van der Waals surface area contributed by atoms with Crippen molar-refractivity contribution in [3.05, 3.63) is 24.3 Å². The van der Waals surface area contributed by atoms with Crippen molar-refractivity contribution in [2.24, 2.45) is 23.7 Å². The molecule has 2 saturated carbocycles. The summed E-state index contributed by atoms with van der Waals surface area (Å²) in [5.74, 6) is -3.95. The van der Waals surface area contributed by atoms with Crippen LogP contribution in [0.25, 0.3) is 0 Å². The molecule has 1 heterocycles. The van der Waals surface area contributed by atoms with Crippen molar-refractivity contribution in [2.75, 3.05) is 23.8 Å². The van der Waals surface area contributed by atoms with Crippen molar-refractivity contribution >= 4 is 64.2 Å². The maximum absolute atomic E-state index is 12.7. The number of fused-ring (bicyclic) bond motifs is 5. The number of imide groups is 1. The van der Waals surface area contributed by atoms with Gasteiger partial charge in [0.2, 0.25) is 17.7 Å². The number of anilines is 2. The lowest BCUT2D eigenvalue weighted by Gasteiger charge is -2.28. The van der Waals surface area contributed by atoms with Crippen LogP contribution in [0.2, 0.25) is 0 Å². The number of halogens is 2. The van der Waals surface area contributed by atoms with Gasteiger partial charge >= 0.3 is 5.97 Å². The van der Waals surface area contributed by atoms with E-state index in [9.17, 15) is 24.0 Å². The molecule has 32 heavy (non-hydrogen) atoms. The highest BCUT2D eigenvalue weighted by atomic mass is 35.5. The predicted octanol–water partition coefficient (Wildman–Crippen LogP) is 1.59. The third kappa shape index (κ3) is 4.06. The van der Waals surface area contributed by atoms with E-state index in [2.05, 4.69) is 10.6 Å². The Morgan fingerprint density at radius 3 is 1.97 bits per heavy atom. The molecule has 1 saturated heterocycles. The maximum Gasteiger partial charge on any atom is 0.326 e. The second-order valence-corrected chi connectivity index (χ2v) is 9.24. The predicted molar refractivity (Wildman–Crippen MR) is 115 cm³/mol. The standard InChI is InChI=1S/C21H21Cl2N3O6/c1-9(27)24-10-2-4-11(5-3-10)25-14(28)8-32-15(29)7-26-20(30)16-12-6-13(17(16)21(26)31)19(23)18(12)22/h2-5,12-13,16-19H,6-8H2,1H3,(H,24,27)(H,25,28)/t12-,13-,16-,17+,18+,19+/m1/s1. The number of nitrogens with one attached hydrogen (secondary N) is 2. The van der Waals surface area contributed by atoms with Crippen LogP contribution >= 0.6 is 23.2 Å². The zero-order chi connectivity index (χ0) is 23.2. The Bertz CT molecular complexity index is 952. The molecule has 3 aliphatic rings. The number of hydrogen-bond donors (Lipinski definition) is 2. The number of rotatable bonds is 6. The van der Waals surface area contributed by atoms with Crippen molar-refractivity contribution in [2.45, 2.75) is 24.1 Å². The summed E-state index contributed by atoms with van der Waals surface area (Å²) < 4.78 is 4.94. The van der Waals surface area contributed by atoms with Gasteiger partial charge in [-0.3, -0.25) is 28.9 Å². The Morgan fingerprint density at radius 2 is 1.47 bits per heavy atom. The quantitative estimate of drug-likeness (QED) is 0.361. The molecule has 0 aromatic heterocycles. The van der Waals surface area contributed by atoms with Gasteiger partial charge in [0.15, 0.2) is 6.61 Å². The molecule has 6 atom stereocenters. The largest absolute Gasteiger partial charge is 0.454 e. The molecule has 1 aromatic rings. The molecule has 11 heteroatoms. The minimum absolute atomic E-state index is 0.172. The second-order valence-electron chi connectivity index (χ2n) is 8.23. The van der Waals surface area contributed by atoms with Gasteiger partial charge in [0.05, 0.1) is 22.6 Å². The number of ether oxygens (including phenoxy) is 1. The molecule has 3 fully saturated rings. The first-order valence-corrected chi connectivity index (χ1v) is 11.0. The summed E-state index contributed by atoms with van der Waals surface area (Å²) in [5.41, 5.74) is 1.01. The molecule has 2 bridgehead atoms. The Labute approximate surface area is 193 Å². The van der Waals surface area contributed by atoms with Gasteiger partial charge in [0.1, 0.15) is 6.54 Å². The van der Waals surface area contributed by atoms with Crippen LogP contribution in [0.15, 0.2) is 24.3 Å². The molecule has 2 aliphatic carbocycles. The summed E-state index contributed by atoms with van der Waals surface area (Å²) in [6, 6.07) is 6.37. The summed E-state index contributed by atoms with van der Waals surface area (Å²) in [5, 5.41) is 4.40. The fourth-order valence-electron chi connectivity index (χ4n) is 4.92. The molecule has 4 rings (SSSR count). The second kappa shape index (κ2) is 8.71. The lowest BCUT2D eigenvalue weighted by molar-refractivity contribution is -0.154. The first-order valence-electron chi connectivity index (χ1n) is 10.1. The van der Waals surface area contributed by atoms with Gasteiger partial charge in [0, 0.05) is 18.3 Å². The Kier molecular flexibility index (Phi) is 6.13. The highest BCUT2D eigenvalue weighted by Gasteiger charge is 2.66. The zero-order valence-corrected chi connectivity index (χ0v) is 18.6. The number of alkyl halides is 2. The average Bonchev–Trinajstić information content (AvgIpc) is 3.34. The smallest absolute Gasteiger partial charge is 0.326 e. The van der Waals surface area contributed by atoms with Crippen molar-refractivity contribution in [1.82, 2.24) is 4.90 Å². The van der Waals surface area contributed by atoms with E-state index < -0.39 is 48.7 Å². The van der Waals surface area contributed by atoms with E-state index in [4.69, 9.17) is 27.9 Å². The number of likely N-dealkylation sites (tertiary alicyclic amines) is 1. The minimum atomic E-state index is -0.861. The van der Waals surface area contributed by atoms with E-state index in [0.717, 1.165) is 4.90 Å². The van der Waals surface area contributed by atoms with Gasteiger partial charge in [-0.15, -0.1) is 23.2 Å². The summed E-state index contributed by atoms with van der Waals surface area (Å²) >= 11 is 12.6. The number of nitrogens with zero attached hydrogens (tertiary/aromatic N) is 1. The van der Waals surface area contributed by atoms with Crippen LogP contribution in [0.5, 0.6) is 0 Å². The summed E-state index contributed by atoms with van der Waals surface area (Å²) in [7, 11) is 0. The number of carbonyl (C=O) groups excluding carboxylic acids is 5. The van der Waals surface area contributed by atoms with Crippen LogP contribution in [0, 0.1) is 23.7 Å². The Hall–Kier alpha value is -2.65. The van der Waals surface area contributed by atoms with E-state index in [0.29, 0.717) is 17.8 Å².